The van der Waals surface area contributed by atoms with Gasteiger partial charge in [0.2, 0.25) is 5.91 Å². The van der Waals surface area contributed by atoms with Crippen LogP contribution in [0, 0.1) is 0 Å². The van der Waals surface area contributed by atoms with Gasteiger partial charge in [-0.15, -0.1) is 0 Å². The van der Waals surface area contributed by atoms with Crippen LogP contribution in [-0.2, 0) is 24.5 Å². The molecule has 0 spiro atoms. The molecule has 0 saturated carbocycles. The van der Waals surface area contributed by atoms with E-state index in [2.05, 4.69) is 5.32 Å². The second-order valence-corrected chi connectivity index (χ2v) is 7.74. The van der Waals surface area contributed by atoms with E-state index in [0.29, 0.717) is 47.5 Å². The number of carbonyl (C=O) groups excluding carboxylic acids is 2. The molecule has 0 unspecified atom stereocenters. The number of halogens is 2. The molecule has 1 N–H and O–H groups in total. The van der Waals surface area contributed by atoms with E-state index in [1.807, 2.05) is 0 Å². The summed E-state index contributed by atoms with van der Waals surface area (Å²) in [7, 11) is 0. The molecule has 1 fully saturated rings. The quantitative estimate of drug-likeness (QED) is 0.621. The van der Waals surface area contributed by atoms with Crippen molar-refractivity contribution in [2.45, 2.75) is 25.2 Å². The molecule has 0 atom stereocenters. The number of benzene rings is 2. The molecular weight excluding hydrogens is 429 g/mol. The van der Waals surface area contributed by atoms with Gasteiger partial charge in [-0.1, -0.05) is 35.3 Å². The molecule has 0 aliphatic carbocycles. The maximum Gasteiger partial charge on any atom is 0.344 e. The van der Waals surface area contributed by atoms with Crippen LogP contribution in [0.15, 0.2) is 42.5 Å². The first-order valence-corrected chi connectivity index (χ1v) is 10.4. The number of nitrogens with one attached hydrogen (secondary N) is 1. The molecule has 1 aliphatic rings. The predicted molar refractivity (Wildman–Crippen MR) is 115 cm³/mol. The molecule has 0 aromatic heterocycles. The van der Waals surface area contributed by atoms with E-state index in [-0.39, 0.29) is 19.1 Å². The molecule has 8 heteroatoms. The lowest BCUT2D eigenvalue weighted by Crippen LogP contribution is -2.45. The normalized spacial score (nSPS) is 15.3. The SMILES string of the molecule is CCOC(=O)COc1cccc(NC(=O)C2(c3ccc(Cl)cc3Cl)CCOCC2)c1. The fourth-order valence-corrected chi connectivity index (χ4v) is 4.06. The maximum atomic E-state index is 13.4. The highest BCUT2D eigenvalue weighted by Gasteiger charge is 2.43. The molecule has 30 heavy (non-hydrogen) atoms. The Bertz CT molecular complexity index is 912. The van der Waals surface area contributed by atoms with Crippen LogP contribution < -0.4 is 10.1 Å². The summed E-state index contributed by atoms with van der Waals surface area (Å²) in [5.74, 6) is -0.186. The van der Waals surface area contributed by atoms with E-state index in [1.54, 1.807) is 49.4 Å². The Hall–Kier alpha value is -2.28. The van der Waals surface area contributed by atoms with Crippen LogP contribution >= 0.6 is 23.2 Å². The van der Waals surface area contributed by atoms with Crippen molar-refractivity contribution in [3.05, 3.63) is 58.1 Å². The van der Waals surface area contributed by atoms with Crippen molar-refractivity contribution in [2.75, 3.05) is 31.7 Å². The van der Waals surface area contributed by atoms with E-state index in [1.165, 1.54) is 0 Å². The summed E-state index contributed by atoms with van der Waals surface area (Å²) in [6.45, 7) is 2.72. The van der Waals surface area contributed by atoms with Crippen molar-refractivity contribution in [3.63, 3.8) is 0 Å². The van der Waals surface area contributed by atoms with Gasteiger partial charge in [-0.05, 0) is 49.6 Å². The number of ether oxygens (including phenoxy) is 3. The number of rotatable bonds is 7. The third-order valence-electron chi connectivity index (χ3n) is 4.98. The summed E-state index contributed by atoms with van der Waals surface area (Å²) >= 11 is 12.5. The fourth-order valence-electron chi connectivity index (χ4n) is 3.48. The summed E-state index contributed by atoms with van der Waals surface area (Å²) in [5.41, 5.74) is 0.447. The summed E-state index contributed by atoms with van der Waals surface area (Å²) in [6, 6.07) is 12.0. The van der Waals surface area contributed by atoms with Crippen LogP contribution in [-0.4, -0.2) is 38.3 Å². The van der Waals surface area contributed by atoms with Crippen LogP contribution in [0.4, 0.5) is 5.69 Å². The Kier molecular flexibility index (Phi) is 7.58. The van der Waals surface area contributed by atoms with Crippen LogP contribution in [0.2, 0.25) is 10.0 Å². The lowest BCUT2D eigenvalue weighted by Gasteiger charge is -2.36. The van der Waals surface area contributed by atoms with Crippen molar-refractivity contribution in [1.29, 1.82) is 0 Å². The van der Waals surface area contributed by atoms with Gasteiger partial charge >= 0.3 is 5.97 Å². The lowest BCUT2D eigenvalue weighted by atomic mass is 9.73. The van der Waals surface area contributed by atoms with Gasteiger partial charge in [0.25, 0.3) is 0 Å². The molecule has 0 radical (unpaired) electrons. The minimum absolute atomic E-state index is 0.183. The Morgan fingerprint density at radius 3 is 2.60 bits per heavy atom. The van der Waals surface area contributed by atoms with Gasteiger partial charge < -0.3 is 19.5 Å². The molecule has 0 bridgehead atoms. The van der Waals surface area contributed by atoms with Crippen LogP contribution in [0.3, 0.4) is 0 Å². The average molecular weight is 452 g/mol. The van der Waals surface area contributed by atoms with Gasteiger partial charge in [0, 0.05) is 35.0 Å². The fraction of sp³-hybridized carbons (Fsp3) is 0.364. The van der Waals surface area contributed by atoms with Gasteiger partial charge in [-0.2, -0.15) is 0 Å². The monoisotopic (exact) mass is 451 g/mol. The standard InChI is InChI=1S/C22H23Cl2NO5/c1-2-29-20(26)14-30-17-5-3-4-16(13-17)25-21(27)22(8-10-28-11-9-22)18-7-6-15(23)12-19(18)24/h3-7,12-13H,2,8-11,14H2,1H3,(H,25,27). The molecule has 1 saturated heterocycles. The highest BCUT2D eigenvalue weighted by atomic mass is 35.5. The summed E-state index contributed by atoms with van der Waals surface area (Å²) in [6.07, 6.45) is 0.998. The summed E-state index contributed by atoms with van der Waals surface area (Å²) in [5, 5.41) is 3.93. The van der Waals surface area contributed by atoms with E-state index in [0.717, 1.165) is 5.56 Å². The molecule has 3 rings (SSSR count). The third-order valence-corrected chi connectivity index (χ3v) is 5.53. The minimum atomic E-state index is -0.832. The van der Waals surface area contributed by atoms with Crippen LogP contribution in [0.5, 0.6) is 5.75 Å². The zero-order valence-electron chi connectivity index (χ0n) is 16.6. The third kappa shape index (κ3) is 5.25. The number of hydrogen-bond donors (Lipinski definition) is 1. The van der Waals surface area contributed by atoms with Gasteiger partial charge in [0.05, 0.1) is 12.0 Å². The van der Waals surface area contributed by atoms with Crippen LogP contribution in [0.25, 0.3) is 0 Å². The first kappa shape index (κ1) is 22.4. The average Bonchev–Trinajstić information content (AvgIpc) is 2.73. The first-order valence-electron chi connectivity index (χ1n) is 9.68. The number of hydrogen-bond acceptors (Lipinski definition) is 5. The van der Waals surface area contributed by atoms with Crippen LogP contribution in [0.1, 0.15) is 25.3 Å². The summed E-state index contributed by atoms with van der Waals surface area (Å²) in [4.78, 5) is 24.9. The van der Waals surface area contributed by atoms with Crippen molar-refractivity contribution in [1.82, 2.24) is 0 Å². The molecule has 2 aromatic rings. The maximum absolute atomic E-state index is 13.4. The van der Waals surface area contributed by atoms with Gasteiger partial charge in [0.1, 0.15) is 5.75 Å². The topological polar surface area (TPSA) is 73.9 Å². The van der Waals surface area contributed by atoms with Crippen molar-refractivity contribution < 1.29 is 23.8 Å². The van der Waals surface area contributed by atoms with E-state index >= 15 is 0 Å². The number of anilines is 1. The minimum Gasteiger partial charge on any atom is -0.482 e. The predicted octanol–water partition coefficient (Wildman–Crippen LogP) is 4.62. The van der Waals surface area contributed by atoms with Gasteiger partial charge in [-0.3, -0.25) is 4.79 Å². The highest BCUT2D eigenvalue weighted by Crippen LogP contribution is 2.40. The van der Waals surface area contributed by atoms with Crippen molar-refractivity contribution >= 4 is 40.8 Å². The molecule has 1 heterocycles. The Balaban J connectivity index is 1.80. The Morgan fingerprint density at radius 2 is 1.90 bits per heavy atom. The van der Waals surface area contributed by atoms with Crippen molar-refractivity contribution in [2.24, 2.45) is 0 Å². The number of esters is 1. The molecule has 1 aliphatic heterocycles. The number of carbonyl (C=O) groups is 2. The first-order chi connectivity index (χ1) is 14.4. The van der Waals surface area contributed by atoms with Gasteiger partial charge in [0.15, 0.2) is 6.61 Å². The molecule has 2 aromatic carbocycles. The smallest absolute Gasteiger partial charge is 0.344 e. The molecular formula is C22H23Cl2NO5. The lowest BCUT2D eigenvalue weighted by molar-refractivity contribution is -0.145. The number of amides is 1. The van der Waals surface area contributed by atoms with E-state index in [9.17, 15) is 9.59 Å². The largest absolute Gasteiger partial charge is 0.482 e. The van der Waals surface area contributed by atoms with E-state index in [4.69, 9.17) is 37.4 Å². The Labute approximate surface area is 185 Å². The summed E-state index contributed by atoms with van der Waals surface area (Å²) < 4.78 is 15.8. The molecule has 6 nitrogen and oxygen atoms in total. The molecule has 160 valence electrons. The van der Waals surface area contributed by atoms with Gasteiger partial charge in [-0.25, -0.2) is 4.79 Å². The molecule has 1 amide bonds. The zero-order valence-corrected chi connectivity index (χ0v) is 18.1. The second kappa shape index (κ2) is 10.2. The second-order valence-electron chi connectivity index (χ2n) is 6.89. The zero-order chi connectivity index (χ0) is 21.6. The Morgan fingerprint density at radius 1 is 1.13 bits per heavy atom. The van der Waals surface area contributed by atoms with Crippen molar-refractivity contribution in [3.8, 4) is 5.75 Å². The van der Waals surface area contributed by atoms with E-state index < -0.39 is 11.4 Å². The highest BCUT2D eigenvalue weighted by molar-refractivity contribution is 6.35.